The average Bonchev–Trinajstić information content (AvgIpc) is 3.15. The summed E-state index contributed by atoms with van der Waals surface area (Å²) < 4.78 is 0. The monoisotopic (exact) mass is 325 g/mol. The second-order valence-electron chi connectivity index (χ2n) is 6.15. The molecule has 3 rings (SSSR count). The Kier molecular flexibility index (Phi) is 4.93. The fourth-order valence-corrected chi connectivity index (χ4v) is 2.78. The van der Waals surface area contributed by atoms with Gasteiger partial charge in [-0.05, 0) is 37.1 Å². The molecule has 0 unspecified atom stereocenters. The van der Waals surface area contributed by atoms with Gasteiger partial charge in [0.15, 0.2) is 0 Å². The largest absolute Gasteiger partial charge is 0.378 e. The summed E-state index contributed by atoms with van der Waals surface area (Å²) in [7, 11) is 3.91. The standard InChI is InChI=1S/C18H23N5O/c1-22(2)15-7-5-6-14(12-15)18(24)20-13-16-19-9-8-17(21-16)23-10-3-4-11-23/h5-9,12H,3-4,10-11,13H2,1-2H3,(H,20,24). The van der Waals surface area contributed by atoms with Gasteiger partial charge in [0.05, 0.1) is 6.54 Å². The number of carbonyl (C=O) groups excluding carboxylic acids is 1. The fraction of sp³-hybridized carbons (Fsp3) is 0.389. The normalized spacial score (nSPS) is 13.8. The molecule has 0 radical (unpaired) electrons. The van der Waals surface area contributed by atoms with Crippen molar-refractivity contribution >= 4 is 17.4 Å². The molecule has 1 fully saturated rings. The van der Waals surface area contributed by atoms with Crippen LogP contribution in [0.15, 0.2) is 36.5 Å². The van der Waals surface area contributed by atoms with Gasteiger partial charge in [-0.2, -0.15) is 0 Å². The van der Waals surface area contributed by atoms with Gasteiger partial charge < -0.3 is 15.1 Å². The lowest BCUT2D eigenvalue weighted by Gasteiger charge is -2.16. The average molecular weight is 325 g/mol. The number of carbonyl (C=O) groups is 1. The summed E-state index contributed by atoms with van der Waals surface area (Å²) >= 11 is 0. The van der Waals surface area contributed by atoms with Crippen molar-refractivity contribution in [2.45, 2.75) is 19.4 Å². The molecule has 2 aromatic rings. The number of anilines is 2. The van der Waals surface area contributed by atoms with E-state index in [9.17, 15) is 4.79 Å². The van der Waals surface area contributed by atoms with Crippen molar-refractivity contribution in [3.63, 3.8) is 0 Å². The Morgan fingerprint density at radius 3 is 2.79 bits per heavy atom. The van der Waals surface area contributed by atoms with Gasteiger partial charge >= 0.3 is 0 Å². The van der Waals surface area contributed by atoms with Crippen LogP contribution in [0.1, 0.15) is 29.0 Å². The van der Waals surface area contributed by atoms with Gasteiger partial charge in [0.25, 0.3) is 5.91 Å². The van der Waals surface area contributed by atoms with Crippen molar-refractivity contribution in [1.29, 1.82) is 0 Å². The number of nitrogens with zero attached hydrogens (tertiary/aromatic N) is 4. The predicted molar refractivity (Wildman–Crippen MR) is 95.4 cm³/mol. The molecule has 0 spiro atoms. The molecule has 24 heavy (non-hydrogen) atoms. The number of amides is 1. The van der Waals surface area contributed by atoms with E-state index in [2.05, 4.69) is 20.2 Å². The first-order valence-electron chi connectivity index (χ1n) is 8.26. The Labute approximate surface area is 142 Å². The Hall–Kier alpha value is -2.63. The highest BCUT2D eigenvalue weighted by Gasteiger charge is 2.14. The maximum atomic E-state index is 12.3. The van der Waals surface area contributed by atoms with E-state index in [1.165, 1.54) is 12.8 Å². The molecule has 1 aromatic heterocycles. The highest BCUT2D eigenvalue weighted by Crippen LogP contribution is 2.17. The summed E-state index contributed by atoms with van der Waals surface area (Å²) in [6.45, 7) is 2.41. The molecule has 0 atom stereocenters. The number of nitrogens with one attached hydrogen (secondary N) is 1. The van der Waals surface area contributed by atoms with Gasteiger partial charge in [-0.1, -0.05) is 6.07 Å². The van der Waals surface area contributed by atoms with E-state index in [-0.39, 0.29) is 5.91 Å². The quantitative estimate of drug-likeness (QED) is 0.912. The summed E-state index contributed by atoms with van der Waals surface area (Å²) in [5, 5.41) is 2.90. The van der Waals surface area contributed by atoms with Crippen LogP contribution in [-0.2, 0) is 6.54 Å². The van der Waals surface area contributed by atoms with E-state index in [0.29, 0.717) is 17.9 Å². The Morgan fingerprint density at radius 1 is 1.25 bits per heavy atom. The van der Waals surface area contributed by atoms with Crippen molar-refractivity contribution in [3.8, 4) is 0 Å². The SMILES string of the molecule is CN(C)c1cccc(C(=O)NCc2nccc(N3CCCC3)n2)c1. The summed E-state index contributed by atoms with van der Waals surface area (Å²) in [4.78, 5) is 25.4. The highest BCUT2D eigenvalue weighted by atomic mass is 16.1. The van der Waals surface area contributed by atoms with Gasteiger partial charge in [-0.15, -0.1) is 0 Å². The van der Waals surface area contributed by atoms with Crippen LogP contribution in [0.25, 0.3) is 0 Å². The maximum Gasteiger partial charge on any atom is 0.251 e. The Balaban J connectivity index is 1.64. The summed E-state index contributed by atoms with van der Waals surface area (Å²) in [5.74, 6) is 1.46. The smallest absolute Gasteiger partial charge is 0.251 e. The first-order valence-corrected chi connectivity index (χ1v) is 8.26. The second-order valence-corrected chi connectivity index (χ2v) is 6.15. The van der Waals surface area contributed by atoms with E-state index in [4.69, 9.17) is 0 Å². The van der Waals surface area contributed by atoms with E-state index < -0.39 is 0 Å². The molecule has 1 aromatic carbocycles. The van der Waals surface area contributed by atoms with Crippen molar-refractivity contribution in [3.05, 3.63) is 47.9 Å². The molecule has 2 heterocycles. The number of rotatable bonds is 5. The first-order chi connectivity index (χ1) is 11.6. The lowest BCUT2D eigenvalue weighted by molar-refractivity contribution is 0.0950. The van der Waals surface area contributed by atoms with Crippen LogP contribution in [-0.4, -0.2) is 43.1 Å². The lowest BCUT2D eigenvalue weighted by atomic mass is 10.2. The van der Waals surface area contributed by atoms with Gasteiger partial charge in [0, 0.05) is 44.6 Å². The van der Waals surface area contributed by atoms with Crippen molar-refractivity contribution in [2.24, 2.45) is 0 Å². The zero-order valence-corrected chi connectivity index (χ0v) is 14.2. The molecular formula is C18H23N5O. The highest BCUT2D eigenvalue weighted by molar-refractivity contribution is 5.95. The van der Waals surface area contributed by atoms with Crippen LogP contribution in [0.5, 0.6) is 0 Å². The van der Waals surface area contributed by atoms with Crippen molar-refractivity contribution in [1.82, 2.24) is 15.3 Å². The summed E-state index contributed by atoms with van der Waals surface area (Å²) in [6.07, 6.45) is 4.17. The van der Waals surface area contributed by atoms with Crippen molar-refractivity contribution in [2.75, 3.05) is 37.0 Å². The topological polar surface area (TPSA) is 61.4 Å². The van der Waals surface area contributed by atoms with E-state index in [1.807, 2.05) is 49.3 Å². The lowest BCUT2D eigenvalue weighted by Crippen LogP contribution is -2.25. The molecule has 0 saturated carbocycles. The molecule has 1 N–H and O–H groups in total. The molecule has 0 bridgehead atoms. The predicted octanol–water partition coefficient (Wildman–Crippen LogP) is 2.07. The minimum absolute atomic E-state index is 0.117. The number of hydrogen-bond acceptors (Lipinski definition) is 5. The minimum atomic E-state index is -0.117. The summed E-state index contributed by atoms with van der Waals surface area (Å²) in [6, 6.07) is 9.46. The second kappa shape index (κ2) is 7.29. The first kappa shape index (κ1) is 16.2. The van der Waals surface area contributed by atoms with Crippen LogP contribution in [0, 0.1) is 0 Å². The Bertz CT molecular complexity index is 710. The molecule has 126 valence electrons. The molecular weight excluding hydrogens is 302 g/mol. The number of aromatic nitrogens is 2. The van der Waals surface area contributed by atoms with Gasteiger partial charge in [-0.3, -0.25) is 4.79 Å². The van der Waals surface area contributed by atoms with E-state index in [1.54, 1.807) is 6.20 Å². The Morgan fingerprint density at radius 2 is 2.04 bits per heavy atom. The zero-order valence-electron chi connectivity index (χ0n) is 14.2. The van der Waals surface area contributed by atoms with Crippen molar-refractivity contribution < 1.29 is 4.79 Å². The molecule has 6 heteroatoms. The number of hydrogen-bond donors (Lipinski definition) is 1. The van der Waals surface area contributed by atoms with Gasteiger partial charge in [0.1, 0.15) is 11.6 Å². The zero-order chi connectivity index (χ0) is 16.9. The third-order valence-electron chi connectivity index (χ3n) is 4.15. The van der Waals surface area contributed by atoms with Crippen LogP contribution >= 0.6 is 0 Å². The van der Waals surface area contributed by atoms with Gasteiger partial charge in [-0.25, -0.2) is 9.97 Å². The summed E-state index contributed by atoms with van der Waals surface area (Å²) in [5.41, 5.74) is 1.63. The molecule has 1 aliphatic rings. The maximum absolute atomic E-state index is 12.3. The molecule has 6 nitrogen and oxygen atoms in total. The van der Waals surface area contributed by atoms with Crippen LogP contribution in [0.2, 0.25) is 0 Å². The number of benzene rings is 1. The van der Waals surface area contributed by atoms with Crippen LogP contribution in [0.3, 0.4) is 0 Å². The van der Waals surface area contributed by atoms with E-state index >= 15 is 0 Å². The third-order valence-corrected chi connectivity index (χ3v) is 4.15. The molecule has 1 saturated heterocycles. The van der Waals surface area contributed by atoms with Gasteiger partial charge in [0.2, 0.25) is 0 Å². The molecule has 1 aliphatic heterocycles. The fourth-order valence-electron chi connectivity index (χ4n) is 2.78. The van der Waals surface area contributed by atoms with Crippen LogP contribution in [0.4, 0.5) is 11.5 Å². The third kappa shape index (κ3) is 3.82. The van der Waals surface area contributed by atoms with Crippen LogP contribution < -0.4 is 15.1 Å². The van der Waals surface area contributed by atoms with E-state index in [0.717, 1.165) is 24.6 Å². The molecule has 1 amide bonds. The minimum Gasteiger partial charge on any atom is -0.378 e. The molecule has 0 aliphatic carbocycles.